The minimum Gasteiger partial charge on any atom is -0.454 e. The van der Waals surface area contributed by atoms with Crippen LogP contribution in [0.1, 0.15) is 19.4 Å². The Kier molecular flexibility index (Phi) is 2.50. The lowest BCUT2D eigenvalue weighted by atomic mass is 9.85. The predicted molar refractivity (Wildman–Crippen MR) is 59.2 cm³/mol. The Morgan fingerprint density at radius 3 is 2.75 bits per heavy atom. The lowest BCUT2D eigenvalue weighted by Crippen LogP contribution is -2.33. The Labute approximate surface area is 94.3 Å². The summed E-state index contributed by atoms with van der Waals surface area (Å²) in [7, 11) is 0. The van der Waals surface area contributed by atoms with Crippen LogP contribution in [0.5, 0.6) is 11.5 Å². The van der Waals surface area contributed by atoms with Gasteiger partial charge < -0.3 is 15.2 Å². The van der Waals surface area contributed by atoms with Gasteiger partial charge in [-0.2, -0.15) is 0 Å². The van der Waals surface area contributed by atoms with Crippen LogP contribution in [-0.2, 0) is 11.2 Å². The van der Waals surface area contributed by atoms with E-state index in [0.717, 1.165) is 17.1 Å². The van der Waals surface area contributed by atoms with Crippen molar-refractivity contribution in [1.82, 2.24) is 0 Å². The van der Waals surface area contributed by atoms with Crippen LogP contribution >= 0.6 is 0 Å². The average Bonchev–Trinajstić information content (AvgIpc) is 2.63. The summed E-state index contributed by atoms with van der Waals surface area (Å²) >= 11 is 0. The standard InChI is InChI=1S/C12H15NO3/c1-12(2,11(13)14)6-8-3-4-9-10(5-8)16-7-15-9/h3-5H,6-7H2,1-2H3,(H2,13,14). The van der Waals surface area contributed by atoms with Crippen LogP contribution in [0.15, 0.2) is 18.2 Å². The maximum atomic E-state index is 11.2. The molecular weight excluding hydrogens is 206 g/mol. The molecule has 0 saturated heterocycles. The summed E-state index contributed by atoms with van der Waals surface area (Å²) in [5.41, 5.74) is 5.81. The van der Waals surface area contributed by atoms with E-state index in [2.05, 4.69) is 0 Å². The molecule has 1 amide bonds. The highest BCUT2D eigenvalue weighted by molar-refractivity contribution is 5.80. The van der Waals surface area contributed by atoms with Crippen LogP contribution in [0.4, 0.5) is 0 Å². The fourth-order valence-corrected chi connectivity index (χ4v) is 1.65. The van der Waals surface area contributed by atoms with Crippen molar-refractivity contribution in [2.75, 3.05) is 6.79 Å². The fourth-order valence-electron chi connectivity index (χ4n) is 1.65. The molecule has 0 atom stereocenters. The predicted octanol–water partition coefficient (Wildman–Crippen LogP) is 1.47. The van der Waals surface area contributed by atoms with Gasteiger partial charge in [0.05, 0.1) is 0 Å². The molecule has 0 spiro atoms. The summed E-state index contributed by atoms with van der Waals surface area (Å²) in [5, 5.41) is 0. The monoisotopic (exact) mass is 221 g/mol. The van der Waals surface area contributed by atoms with Gasteiger partial charge in [-0.25, -0.2) is 0 Å². The van der Waals surface area contributed by atoms with Gasteiger partial charge in [0.15, 0.2) is 11.5 Å². The van der Waals surface area contributed by atoms with Crippen LogP contribution in [-0.4, -0.2) is 12.7 Å². The average molecular weight is 221 g/mol. The molecule has 0 aromatic heterocycles. The molecule has 0 aliphatic carbocycles. The van der Waals surface area contributed by atoms with Crippen LogP contribution in [0.3, 0.4) is 0 Å². The second-order valence-electron chi connectivity index (χ2n) is 4.61. The van der Waals surface area contributed by atoms with E-state index in [1.807, 2.05) is 32.0 Å². The van der Waals surface area contributed by atoms with E-state index in [-0.39, 0.29) is 12.7 Å². The number of carbonyl (C=O) groups excluding carboxylic acids is 1. The summed E-state index contributed by atoms with van der Waals surface area (Å²) < 4.78 is 10.5. The van der Waals surface area contributed by atoms with Crippen molar-refractivity contribution in [1.29, 1.82) is 0 Å². The van der Waals surface area contributed by atoms with Crippen molar-refractivity contribution in [3.8, 4) is 11.5 Å². The van der Waals surface area contributed by atoms with E-state index in [9.17, 15) is 4.79 Å². The van der Waals surface area contributed by atoms with Crippen LogP contribution in [0, 0.1) is 5.41 Å². The maximum Gasteiger partial charge on any atom is 0.231 e. The third-order valence-corrected chi connectivity index (χ3v) is 2.75. The first-order valence-electron chi connectivity index (χ1n) is 5.17. The Morgan fingerprint density at radius 2 is 2.06 bits per heavy atom. The van der Waals surface area contributed by atoms with Gasteiger partial charge in [-0.15, -0.1) is 0 Å². The molecule has 0 saturated carbocycles. The van der Waals surface area contributed by atoms with E-state index in [0.29, 0.717) is 6.42 Å². The normalized spacial score (nSPS) is 13.9. The van der Waals surface area contributed by atoms with Crippen LogP contribution in [0.2, 0.25) is 0 Å². The smallest absolute Gasteiger partial charge is 0.231 e. The van der Waals surface area contributed by atoms with E-state index >= 15 is 0 Å². The zero-order chi connectivity index (χ0) is 11.8. The zero-order valence-corrected chi connectivity index (χ0v) is 9.45. The van der Waals surface area contributed by atoms with Gasteiger partial charge in [0.2, 0.25) is 12.7 Å². The molecule has 0 radical (unpaired) electrons. The van der Waals surface area contributed by atoms with Gasteiger partial charge in [-0.3, -0.25) is 4.79 Å². The first-order chi connectivity index (χ1) is 7.49. The van der Waals surface area contributed by atoms with E-state index in [1.54, 1.807) is 0 Å². The molecule has 16 heavy (non-hydrogen) atoms. The largest absolute Gasteiger partial charge is 0.454 e. The molecule has 1 aliphatic heterocycles. The van der Waals surface area contributed by atoms with E-state index in [1.165, 1.54) is 0 Å². The third-order valence-electron chi connectivity index (χ3n) is 2.75. The molecule has 2 N–H and O–H groups in total. The molecule has 4 heteroatoms. The lowest BCUT2D eigenvalue weighted by Gasteiger charge is -2.20. The highest BCUT2D eigenvalue weighted by atomic mass is 16.7. The number of fused-ring (bicyclic) bond motifs is 1. The van der Waals surface area contributed by atoms with Crippen molar-refractivity contribution in [3.05, 3.63) is 23.8 Å². The van der Waals surface area contributed by atoms with Crippen molar-refractivity contribution in [2.24, 2.45) is 11.1 Å². The first kappa shape index (κ1) is 10.8. The van der Waals surface area contributed by atoms with Crippen LogP contribution < -0.4 is 15.2 Å². The SMILES string of the molecule is CC(C)(Cc1ccc2c(c1)OCO2)C(N)=O. The third kappa shape index (κ3) is 1.96. The molecule has 1 heterocycles. The zero-order valence-electron chi connectivity index (χ0n) is 9.45. The minimum atomic E-state index is -0.548. The molecule has 86 valence electrons. The molecule has 4 nitrogen and oxygen atoms in total. The molecule has 0 bridgehead atoms. The van der Waals surface area contributed by atoms with Crippen molar-refractivity contribution in [3.63, 3.8) is 0 Å². The molecule has 1 aliphatic rings. The van der Waals surface area contributed by atoms with Gasteiger partial charge in [0.25, 0.3) is 0 Å². The van der Waals surface area contributed by atoms with Gasteiger partial charge >= 0.3 is 0 Å². The Bertz CT molecular complexity index is 426. The summed E-state index contributed by atoms with van der Waals surface area (Å²) in [4.78, 5) is 11.2. The van der Waals surface area contributed by atoms with Gasteiger partial charge in [-0.05, 0) is 24.1 Å². The second-order valence-corrected chi connectivity index (χ2v) is 4.61. The number of primary amides is 1. The molecule has 2 rings (SSSR count). The van der Waals surface area contributed by atoms with Gasteiger partial charge in [0, 0.05) is 5.41 Å². The summed E-state index contributed by atoms with van der Waals surface area (Å²) in [6.07, 6.45) is 0.596. The van der Waals surface area contributed by atoms with Crippen molar-refractivity contribution < 1.29 is 14.3 Å². The molecule has 1 aromatic carbocycles. The molecule has 0 fully saturated rings. The maximum absolute atomic E-state index is 11.2. The second kappa shape index (κ2) is 3.70. The topological polar surface area (TPSA) is 61.6 Å². The fraction of sp³-hybridized carbons (Fsp3) is 0.417. The Hall–Kier alpha value is -1.71. The van der Waals surface area contributed by atoms with Crippen molar-refractivity contribution in [2.45, 2.75) is 20.3 Å². The highest BCUT2D eigenvalue weighted by Gasteiger charge is 2.26. The quantitative estimate of drug-likeness (QED) is 0.840. The van der Waals surface area contributed by atoms with E-state index in [4.69, 9.17) is 15.2 Å². The van der Waals surface area contributed by atoms with Gasteiger partial charge in [0.1, 0.15) is 0 Å². The number of hydrogen-bond donors (Lipinski definition) is 1. The number of rotatable bonds is 3. The number of ether oxygens (including phenoxy) is 2. The number of benzene rings is 1. The molecule has 0 unspecified atom stereocenters. The number of hydrogen-bond acceptors (Lipinski definition) is 3. The number of amides is 1. The Balaban J connectivity index is 2.20. The lowest BCUT2D eigenvalue weighted by molar-refractivity contribution is -0.125. The highest BCUT2D eigenvalue weighted by Crippen LogP contribution is 2.34. The molecule has 1 aromatic rings. The summed E-state index contributed by atoms with van der Waals surface area (Å²) in [6.45, 7) is 3.93. The number of carbonyl (C=O) groups is 1. The molecular formula is C12H15NO3. The summed E-state index contributed by atoms with van der Waals surface area (Å²) in [6, 6.07) is 5.68. The van der Waals surface area contributed by atoms with Crippen molar-refractivity contribution >= 4 is 5.91 Å². The van der Waals surface area contributed by atoms with E-state index < -0.39 is 5.41 Å². The summed E-state index contributed by atoms with van der Waals surface area (Å²) in [5.74, 6) is 1.18. The first-order valence-corrected chi connectivity index (χ1v) is 5.17. The number of nitrogens with two attached hydrogens (primary N) is 1. The Morgan fingerprint density at radius 1 is 1.38 bits per heavy atom. The van der Waals surface area contributed by atoms with Gasteiger partial charge in [-0.1, -0.05) is 19.9 Å². The minimum absolute atomic E-state index is 0.262. The van der Waals surface area contributed by atoms with Crippen LogP contribution in [0.25, 0.3) is 0 Å².